The van der Waals surface area contributed by atoms with E-state index in [4.69, 9.17) is 8.95 Å². The zero-order chi connectivity index (χ0) is 27.2. The minimum Gasteiger partial charge on any atom is -0.421 e. The maximum absolute atomic E-state index is 12.5. The number of rotatable bonds is 21. The summed E-state index contributed by atoms with van der Waals surface area (Å²) < 4.78 is 12.8. The number of unbranched alkanes of at least 4 members (excludes halogenated alkanes) is 2. The maximum atomic E-state index is 12.5. The van der Waals surface area contributed by atoms with Gasteiger partial charge in [0.2, 0.25) is 14.2 Å². The van der Waals surface area contributed by atoms with Crippen molar-refractivity contribution in [2.45, 2.75) is 129 Å². The highest BCUT2D eigenvalue weighted by Crippen LogP contribution is 2.21. The fraction of sp³-hybridized carbons (Fsp3) is 0.885. The number of nitrogens with one attached hydrogen (secondary N) is 1. The van der Waals surface area contributed by atoms with Crippen LogP contribution in [0.15, 0.2) is 12.7 Å². The molecule has 35 heavy (non-hydrogen) atoms. The topological polar surface area (TPSA) is 50.8 Å². The molecule has 0 aromatic rings. The second kappa shape index (κ2) is 16.7. The summed E-state index contributed by atoms with van der Waals surface area (Å²) in [6, 6.07) is 4.74. The van der Waals surface area contributed by atoms with Gasteiger partial charge in [0, 0.05) is 19.3 Å². The fourth-order valence-corrected chi connectivity index (χ4v) is 14.4. The number of hydrogen-bond acceptors (Lipinski definition) is 4. The van der Waals surface area contributed by atoms with E-state index in [9.17, 15) is 4.79 Å². The molecule has 0 aliphatic carbocycles. The summed E-state index contributed by atoms with van der Waals surface area (Å²) in [5, 5.41) is 3.49. The van der Waals surface area contributed by atoms with Crippen LogP contribution in [0.25, 0.3) is 0 Å². The maximum Gasteiger partial charge on any atom is 0.245 e. The van der Waals surface area contributed by atoms with Crippen molar-refractivity contribution in [2.24, 2.45) is 0 Å². The summed E-state index contributed by atoms with van der Waals surface area (Å²) in [5.41, 5.74) is 0. The molecule has 0 fully saturated rings. The molecule has 0 saturated carbocycles. The zero-order valence-corrected chi connectivity index (χ0v) is 29.1. The molecule has 0 aromatic heterocycles. The van der Waals surface area contributed by atoms with Crippen molar-refractivity contribution in [1.29, 1.82) is 0 Å². The van der Waals surface area contributed by atoms with Crippen molar-refractivity contribution in [2.75, 3.05) is 19.3 Å². The van der Waals surface area contributed by atoms with E-state index in [-0.39, 0.29) is 5.91 Å². The zero-order valence-electron chi connectivity index (χ0n) is 25.1. The van der Waals surface area contributed by atoms with Gasteiger partial charge in [0.05, 0.1) is 8.07 Å². The van der Waals surface area contributed by atoms with Crippen LogP contribution in [-0.2, 0) is 13.7 Å². The molecule has 0 atom stereocenters. The molecular weight excluding hydrogens is 501 g/mol. The van der Waals surface area contributed by atoms with E-state index in [0.717, 1.165) is 44.2 Å². The Morgan fingerprint density at radius 3 is 1.83 bits per heavy atom. The minimum absolute atomic E-state index is 0.0464. The highest BCUT2D eigenvalue weighted by Gasteiger charge is 2.30. The predicted molar refractivity (Wildman–Crippen MR) is 165 cm³/mol. The number of carbonyl (C=O) groups excluding carboxylic acids is 1. The lowest BCUT2D eigenvalue weighted by Crippen LogP contribution is -2.50. The Morgan fingerprint density at radius 2 is 1.31 bits per heavy atom. The van der Waals surface area contributed by atoms with Gasteiger partial charge in [0.15, 0.2) is 8.32 Å². The fourth-order valence-electron chi connectivity index (χ4n) is 4.04. The Labute approximate surface area is 223 Å². The summed E-state index contributed by atoms with van der Waals surface area (Å²) >= 11 is 0. The van der Waals surface area contributed by atoms with Crippen LogP contribution >= 0.6 is 0 Å². The third-order valence-electron chi connectivity index (χ3n) is 6.72. The number of hydrogen-bond donors (Lipinski definition) is 1. The van der Waals surface area contributed by atoms with Gasteiger partial charge in [-0.3, -0.25) is 4.79 Å². The lowest BCUT2D eigenvalue weighted by molar-refractivity contribution is -0.126. The van der Waals surface area contributed by atoms with E-state index in [0.29, 0.717) is 0 Å². The number of carbonyl (C=O) groups is 1. The average Bonchev–Trinajstić information content (AvgIpc) is 2.77. The molecule has 1 N–H and O–H groups in total. The van der Waals surface area contributed by atoms with Gasteiger partial charge < -0.3 is 13.9 Å². The van der Waals surface area contributed by atoms with Crippen LogP contribution in [0.4, 0.5) is 0 Å². The second-order valence-electron chi connectivity index (χ2n) is 13.0. The third-order valence-corrected chi connectivity index (χ3v) is 16.8. The molecule has 0 heterocycles. The Kier molecular flexibility index (Phi) is 16.7. The smallest absolute Gasteiger partial charge is 0.245 e. The van der Waals surface area contributed by atoms with Crippen LogP contribution in [0.1, 0.15) is 52.4 Å². The van der Waals surface area contributed by atoms with E-state index in [1.807, 2.05) is 4.90 Å². The van der Waals surface area contributed by atoms with Crippen LogP contribution in [0, 0.1) is 0 Å². The summed E-state index contributed by atoms with van der Waals surface area (Å²) in [4.78, 5) is 14.5. The van der Waals surface area contributed by atoms with E-state index < -0.39 is 32.9 Å². The second-order valence-corrected chi connectivity index (χ2v) is 31.1. The summed E-state index contributed by atoms with van der Waals surface area (Å²) in [6.07, 6.45) is 9.51. The molecule has 0 unspecified atom stereocenters. The van der Waals surface area contributed by atoms with Gasteiger partial charge in [0.25, 0.3) is 0 Å². The first-order valence-corrected chi connectivity index (χ1v) is 26.9. The largest absolute Gasteiger partial charge is 0.421 e. The molecule has 208 valence electrons. The molecule has 0 spiro atoms. The molecular formula is C26H60N2O3Si4. The quantitative estimate of drug-likeness (QED) is 0.0884. The molecule has 1 amide bonds. The Balaban J connectivity index is 4.59. The lowest BCUT2D eigenvalue weighted by Gasteiger charge is -2.31. The van der Waals surface area contributed by atoms with Crippen molar-refractivity contribution >= 4 is 38.9 Å². The van der Waals surface area contributed by atoms with E-state index >= 15 is 0 Å². The van der Waals surface area contributed by atoms with Gasteiger partial charge in [-0.15, -0.1) is 0 Å². The molecule has 0 aliphatic rings. The minimum atomic E-state index is -1.81. The summed E-state index contributed by atoms with van der Waals surface area (Å²) in [6.45, 7) is 28.6. The molecule has 0 aromatic carbocycles. The highest BCUT2D eigenvalue weighted by atomic mass is 28.4. The summed E-state index contributed by atoms with van der Waals surface area (Å²) in [7, 11) is -6.28. The monoisotopic (exact) mass is 560 g/mol. The third kappa shape index (κ3) is 17.9. The molecule has 9 heteroatoms. The Hall–Kier alpha value is -0.0425. The van der Waals surface area contributed by atoms with Gasteiger partial charge in [-0.1, -0.05) is 78.3 Å². The van der Waals surface area contributed by atoms with Gasteiger partial charge in [0.1, 0.15) is 8.24 Å². The summed E-state index contributed by atoms with van der Waals surface area (Å²) in [5.74, 6) is 0.0464. The van der Waals surface area contributed by atoms with Gasteiger partial charge >= 0.3 is 0 Å². The van der Waals surface area contributed by atoms with Crippen molar-refractivity contribution in [1.82, 2.24) is 10.0 Å². The highest BCUT2D eigenvalue weighted by molar-refractivity contribution is 6.79. The first kappa shape index (κ1) is 35.0. The molecule has 0 saturated heterocycles. The van der Waals surface area contributed by atoms with Crippen molar-refractivity contribution in [3.63, 3.8) is 0 Å². The Morgan fingerprint density at radius 1 is 0.800 bits per heavy atom. The van der Waals surface area contributed by atoms with Gasteiger partial charge in [-0.05, 0) is 63.2 Å². The van der Waals surface area contributed by atoms with Gasteiger partial charge in [-0.25, -0.2) is 5.15 Å². The molecule has 0 radical (unpaired) electrons. The lowest BCUT2D eigenvalue weighted by atomic mass is 10.3. The van der Waals surface area contributed by atoms with E-state index in [1.54, 1.807) is 0 Å². The Bertz CT molecular complexity index is 571. The predicted octanol–water partition coefficient (Wildman–Crippen LogP) is 7.78. The van der Waals surface area contributed by atoms with E-state index in [1.165, 1.54) is 43.8 Å². The molecule has 0 aliphatic heterocycles. The molecule has 0 rings (SSSR count). The number of nitrogens with zero attached hydrogens (tertiary/aromatic N) is 1. The first-order chi connectivity index (χ1) is 16.1. The standard InChI is InChI=1S/C26H60N2O3Si4/c1-12-15-21-32(4,5)25-30-34(8,9)23-17-19-28(26(29)14-3)20-18-24-35(10,11)31-27-33(6,7)22-16-13-2/h14,27H,3,12-13,15-25H2,1-2,4-11H3. The van der Waals surface area contributed by atoms with Crippen molar-refractivity contribution < 1.29 is 13.7 Å². The average molecular weight is 561 g/mol. The van der Waals surface area contributed by atoms with Crippen LogP contribution < -0.4 is 5.15 Å². The SMILES string of the molecule is C=CC(=O)N(CCC[Si](C)(C)OC[Si](C)(C)CCCC)CCC[Si](C)(C)ON[Si](C)(C)CCCC. The van der Waals surface area contributed by atoms with Crippen molar-refractivity contribution in [3.05, 3.63) is 12.7 Å². The van der Waals surface area contributed by atoms with Crippen LogP contribution in [-0.4, -0.2) is 63.1 Å². The molecule has 0 bridgehead atoms. The van der Waals surface area contributed by atoms with Crippen LogP contribution in [0.2, 0.25) is 76.6 Å². The van der Waals surface area contributed by atoms with Crippen molar-refractivity contribution in [3.8, 4) is 0 Å². The number of amides is 1. The first-order valence-electron chi connectivity index (χ1n) is 14.1. The van der Waals surface area contributed by atoms with Crippen LogP contribution in [0.5, 0.6) is 0 Å². The molecule has 5 nitrogen and oxygen atoms in total. The van der Waals surface area contributed by atoms with Crippen LogP contribution in [0.3, 0.4) is 0 Å². The van der Waals surface area contributed by atoms with E-state index in [2.05, 4.69) is 77.9 Å². The van der Waals surface area contributed by atoms with Gasteiger partial charge in [-0.2, -0.15) is 0 Å². The normalized spacial score (nSPS) is 13.2.